The van der Waals surface area contributed by atoms with E-state index in [4.69, 9.17) is 0 Å². The Balaban J connectivity index is 1.60. The molecule has 0 atom stereocenters. The molecular weight excluding hydrogens is 334 g/mol. The number of pyridine rings is 1. The van der Waals surface area contributed by atoms with E-state index in [1.165, 1.54) is 17.0 Å². The minimum atomic E-state index is 0.0572. The largest absolute Gasteiger partial charge is 0.370 e. The summed E-state index contributed by atoms with van der Waals surface area (Å²) in [7, 11) is 0. The van der Waals surface area contributed by atoms with Gasteiger partial charge < -0.3 is 9.80 Å². The van der Waals surface area contributed by atoms with E-state index in [-0.39, 0.29) is 11.7 Å². The van der Waals surface area contributed by atoms with Crippen molar-refractivity contribution in [1.29, 1.82) is 0 Å². The zero-order valence-corrected chi connectivity index (χ0v) is 15.5. The summed E-state index contributed by atoms with van der Waals surface area (Å²) in [5, 5.41) is 1.92. The molecule has 132 valence electrons. The molecule has 0 bridgehead atoms. The van der Waals surface area contributed by atoms with Crippen molar-refractivity contribution in [1.82, 2.24) is 9.88 Å². The average Bonchev–Trinajstić information content (AvgIpc) is 2.90. The molecule has 0 saturated carbocycles. The molecule has 1 aliphatic rings. The number of hydrogen-bond donors (Lipinski definition) is 0. The average molecular weight is 357 g/mol. The van der Waals surface area contributed by atoms with Crippen molar-refractivity contribution in [2.75, 3.05) is 31.1 Å². The van der Waals surface area contributed by atoms with Crippen LogP contribution in [0.25, 0.3) is 0 Å². The van der Waals surface area contributed by atoms with Crippen LogP contribution in [-0.4, -0.2) is 47.8 Å². The molecule has 0 spiro atoms. The maximum Gasteiger partial charge on any atom is 0.227 e. The first-order valence-corrected chi connectivity index (χ1v) is 9.44. The van der Waals surface area contributed by atoms with Crippen LogP contribution in [0, 0.1) is 6.92 Å². The molecule has 25 heavy (non-hydrogen) atoms. The summed E-state index contributed by atoms with van der Waals surface area (Å²) < 4.78 is 0. The molecule has 0 unspecified atom stereocenters. The molecule has 1 saturated heterocycles. The highest BCUT2D eigenvalue weighted by atomic mass is 32.1. The summed E-state index contributed by atoms with van der Waals surface area (Å²) in [6.07, 6.45) is 3.16. The molecule has 5 nitrogen and oxygen atoms in total. The van der Waals surface area contributed by atoms with Gasteiger partial charge in [0.05, 0.1) is 11.3 Å². The van der Waals surface area contributed by atoms with Crippen molar-refractivity contribution in [3.63, 3.8) is 0 Å². The molecule has 1 aliphatic heterocycles. The van der Waals surface area contributed by atoms with Gasteiger partial charge in [0.1, 0.15) is 0 Å². The summed E-state index contributed by atoms with van der Waals surface area (Å²) in [6, 6.07) is 5.96. The molecule has 2 aromatic rings. The standard InChI is InChI=1S/C19H23N3O2S/c1-14-10-17(4-5-20-14)21-6-3-7-22(9-8-21)19(24)12-16-11-18(15(2)23)25-13-16/h4-5,10-11,13H,3,6-9,12H2,1-2H3. The quantitative estimate of drug-likeness (QED) is 0.790. The molecule has 6 heteroatoms. The second-order valence-corrected chi connectivity index (χ2v) is 7.34. The number of carbonyl (C=O) groups is 2. The van der Waals surface area contributed by atoms with Crippen LogP contribution in [0.2, 0.25) is 0 Å². The minimum absolute atomic E-state index is 0.0572. The molecule has 3 rings (SSSR count). The van der Waals surface area contributed by atoms with Crippen molar-refractivity contribution >= 4 is 28.7 Å². The highest BCUT2D eigenvalue weighted by Crippen LogP contribution is 2.19. The summed E-state index contributed by atoms with van der Waals surface area (Å²) in [5.74, 6) is 0.197. The Morgan fingerprint density at radius 2 is 2.04 bits per heavy atom. The zero-order valence-electron chi connectivity index (χ0n) is 14.7. The predicted octanol–water partition coefficient (Wildman–Crippen LogP) is 2.94. The van der Waals surface area contributed by atoms with E-state index in [1.807, 2.05) is 35.5 Å². The fourth-order valence-electron chi connectivity index (χ4n) is 3.09. The summed E-state index contributed by atoms with van der Waals surface area (Å²) in [4.78, 5) is 33.2. The number of anilines is 1. The van der Waals surface area contributed by atoms with Crippen LogP contribution in [0.5, 0.6) is 0 Å². The molecule has 0 N–H and O–H groups in total. The van der Waals surface area contributed by atoms with Gasteiger partial charge in [0.15, 0.2) is 5.78 Å². The second kappa shape index (κ2) is 7.78. The van der Waals surface area contributed by atoms with Gasteiger partial charge in [-0.1, -0.05) is 0 Å². The van der Waals surface area contributed by atoms with E-state index in [1.54, 1.807) is 6.92 Å². The first-order chi connectivity index (χ1) is 12.0. The van der Waals surface area contributed by atoms with Gasteiger partial charge in [0, 0.05) is 43.8 Å². The molecule has 1 fully saturated rings. The van der Waals surface area contributed by atoms with Crippen LogP contribution >= 0.6 is 11.3 Å². The third-order valence-corrected chi connectivity index (χ3v) is 5.53. The lowest BCUT2D eigenvalue weighted by molar-refractivity contribution is -0.130. The van der Waals surface area contributed by atoms with Crippen LogP contribution in [0.1, 0.15) is 34.3 Å². The highest BCUT2D eigenvalue weighted by molar-refractivity contribution is 7.12. The number of aromatic nitrogens is 1. The topological polar surface area (TPSA) is 53.5 Å². The molecule has 0 aliphatic carbocycles. The summed E-state index contributed by atoms with van der Waals surface area (Å²) in [6.45, 7) is 6.83. The molecule has 0 aromatic carbocycles. The summed E-state index contributed by atoms with van der Waals surface area (Å²) >= 11 is 1.41. The van der Waals surface area contributed by atoms with Crippen molar-refractivity contribution in [3.8, 4) is 0 Å². The van der Waals surface area contributed by atoms with Gasteiger partial charge in [-0.3, -0.25) is 14.6 Å². The number of amides is 1. The maximum atomic E-state index is 12.6. The molecule has 1 amide bonds. The fraction of sp³-hybridized carbons (Fsp3) is 0.421. The molecule has 3 heterocycles. The first kappa shape index (κ1) is 17.6. The van der Waals surface area contributed by atoms with E-state index in [2.05, 4.69) is 16.0 Å². The Labute approximate surface area is 152 Å². The Morgan fingerprint density at radius 1 is 1.20 bits per heavy atom. The second-order valence-electron chi connectivity index (χ2n) is 6.43. The van der Waals surface area contributed by atoms with Gasteiger partial charge >= 0.3 is 0 Å². The van der Waals surface area contributed by atoms with Crippen LogP contribution in [0.3, 0.4) is 0 Å². The van der Waals surface area contributed by atoms with Gasteiger partial charge in [-0.2, -0.15) is 0 Å². The number of ketones is 1. The van der Waals surface area contributed by atoms with Gasteiger partial charge in [0.25, 0.3) is 0 Å². The first-order valence-electron chi connectivity index (χ1n) is 8.56. The third kappa shape index (κ3) is 4.45. The molecule has 0 radical (unpaired) electrons. The van der Waals surface area contributed by atoms with Crippen LogP contribution in [-0.2, 0) is 11.2 Å². The van der Waals surface area contributed by atoms with Crippen molar-refractivity contribution in [3.05, 3.63) is 45.9 Å². The number of thiophene rings is 1. The summed E-state index contributed by atoms with van der Waals surface area (Å²) in [5.41, 5.74) is 3.12. The van der Waals surface area contributed by atoms with Crippen LogP contribution in [0.4, 0.5) is 5.69 Å². The Kier molecular flexibility index (Phi) is 5.48. The third-order valence-electron chi connectivity index (χ3n) is 4.45. The fourth-order valence-corrected chi connectivity index (χ4v) is 3.91. The Bertz CT molecular complexity index is 772. The number of nitrogens with zero attached hydrogens (tertiary/aromatic N) is 3. The zero-order chi connectivity index (χ0) is 17.8. The van der Waals surface area contributed by atoms with Crippen molar-refractivity contribution < 1.29 is 9.59 Å². The van der Waals surface area contributed by atoms with Crippen molar-refractivity contribution in [2.45, 2.75) is 26.7 Å². The number of carbonyl (C=O) groups excluding carboxylic acids is 2. The van der Waals surface area contributed by atoms with Gasteiger partial charge in [-0.15, -0.1) is 11.3 Å². The van der Waals surface area contributed by atoms with E-state index in [0.717, 1.165) is 48.7 Å². The van der Waals surface area contributed by atoms with Gasteiger partial charge in [-0.05, 0) is 49.4 Å². The highest BCUT2D eigenvalue weighted by Gasteiger charge is 2.20. The lowest BCUT2D eigenvalue weighted by atomic mass is 10.2. The van der Waals surface area contributed by atoms with Gasteiger partial charge in [-0.25, -0.2) is 0 Å². The Morgan fingerprint density at radius 3 is 2.76 bits per heavy atom. The van der Waals surface area contributed by atoms with Crippen LogP contribution < -0.4 is 4.90 Å². The molecular formula is C19H23N3O2S. The smallest absolute Gasteiger partial charge is 0.227 e. The van der Waals surface area contributed by atoms with E-state index in [0.29, 0.717) is 6.42 Å². The van der Waals surface area contributed by atoms with E-state index in [9.17, 15) is 9.59 Å². The van der Waals surface area contributed by atoms with E-state index >= 15 is 0 Å². The SMILES string of the molecule is CC(=O)c1cc(CC(=O)N2CCCN(c3ccnc(C)c3)CC2)cs1. The maximum absolute atomic E-state index is 12.6. The number of Topliss-reactive ketones (excluding diaryl/α,β-unsaturated/α-hetero) is 1. The number of aryl methyl sites for hydroxylation is 1. The van der Waals surface area contributed by atoms with Crippen LogP contribution in [0.15, 0.2) is 29.8 Å². The lowest BCUT2D eigenvalue weighted by Crippen LogP contribution is -2.36. The monoisotopic (exact) mass is 357 g/mol. The number of hydrogen-bond acceptors (Lipinski definition) is 5. The lowest BCUT2D eigenvalue weighted by Gasteiger charge is -2.24. The van der Waals surface area contributed by atoms with Gasteiger partial charge in [0.2, 0.25) is 5.91 Å². The van der Waals surface area contributed by atoms with Crippen molar-refractivity contribution in [2.24, 2.45) is 0 Å². The molecule has 2 aromatic heterocycles. The normalized spacial score (nSPS) is 15.1. The van der Waals surface area contributed by atoms with E-state index < -0.39 is 0 Å². The minimum Gasteiger partial charge on any atom is -0.370 e. The predicted molar refractivity (Wildman–Crippen MR) is 100 cm³/mol. The Hall–Kier alpha value is -2.21. The number of rotatable bonds is 4.